The maximum atomic E-state index is 12.8. The van der Waals surface area contributed by atoms with Gasteiger partial charge >= 0.3 is 6.01 Å². The molecular formula is C25H30N4O2. The second kappa shape index (κ2) is 10.2. The molecule has 1 aliphatic heterocycles. The fraction of sp³-hybridized carbons (Fsp3) is 0.400. The third kappa shape index (κ3) is 5.94. The number of aryl methyl sites for hydroxylation is 1. The van der Waals surface area contributed by atoms with Gasteiger partial charge in [0.2, 0.25) is 11.8 Å². The SMILES string of the molecule is Cc1ccc(CC(=O)N[C@H](Cc2ccccc2)c2nnc(N3CCCCCC3)o2)cc1. The van der Waals surface area contributed by atoms with E-state index in [0.29, 0.717) is 24.7 Å². The van der Waals surface area contributed by atoms with Gasteiger partial charge in [-0.2, -0.15) is 0 Å². The summed E-state index contributed by atoms with van der Waals surface area (Å²) in [5.74, 6) is 0.402. The highest BCUT2D eigenvalue weighted by Crippen LogP contribution is 2.23. The summed E-state index contributed by atoms with van der Waals surface area (Å²) in [4.78, 5) is 15.0. The molecule has 6 nitrogen and oxygen atoms in total. The lowest BCUT2D eigenvalue weighted by molar-refractivity contribution is -0.121. The third-order valence-corrected chi connectivity index (χ3v) is 5.71. The van der Waals surface area contributed by atoms with E-state index in [4.69, 9.17) is 4.42 Å². The maximum absolute atomic E-state index is 12.8. The summed E-state index contributed by atoms with van der Waals surface area (Å²) in [6.07, 6.45) is 5.67. The highest BCUT2D eigenvalue weighted by Gasteiger charge is 2.24. The molecule has 31 heavy (non-hydrogen) atoms. The van der Waals surface area contributed by atoms with Gasteiger partial charge in [-0.15, -0.1) is 5.10 Å². The minimum atomic E-state index is -0.367. The van der Waals surface area contributed by atoms with Gasteiger partial charge in [0, 0.05) is 19.5 Å². The Kier molecular flexibility index (Phi) is 6.97. The molecule has 1 atom stereocenters. The molecule has 0 saturated carbocycles. The fourth-order valence-electron chi connectivity index (χ4n) is 3.94. The first kappa shape index (κ1) is 21.1. The number of nitrogens with zero attached hydrogens (tertiary/aromatic N) is 3. The Morgan fingerprint density at radius 3 is 2.39 bits per heavy atom. The van der Waals surface area contributed by atoms with Crippen LogP contribution in [0.5, 0.6) is 0 Å². The predicted octanol–water partition coefficient (Wildman–Crippen LogP) is 4.40. The molecule has 6 heteroatoms. The van der Waals surface area contributed by atoms with Gasteiger partial charge in [0.15, 0.2) is 0 Å². The Balaban J connectivity index is 1.50. The Labute approximate surface area is 183 Å². The number of carbonyl (C=O) groups is 1. The van der Waals surface area contributed by atoms with Gasteiger partial charge in [0.05, 0.1) is 6.42 Å². The summed E-state index contributed by atoms with van der Waals surface area (Å²) in [7, 11) is 0. The van der Waals surface area contributed by atoms with E-state index in [9.17, 15) is 4.79 Å². The van der Waals surface area contributed by atoms with Crippen molar-refractivity contribution in [1.82, 2.24) is 15.5 Å². The van der Waals surface area contributed by atoms with Gasteiger partial charge in [-0.25, -0.2) is 0 Å². The molecule has 1 saturated heterocycles. The van der Waals surface area contributed by atoms with E-state index in [0.717, 1.165) is 37.1 Å². The van der Waals surface area contributed by atoms with Crippen molar-refractivity contribution in [2.45, 2.75) is 51.5 Å². The molecule has 1 fully saturated rings. The van der Waals surface area contributed by atoms with E-state index in [1.54, 1.807) is 0 Å². The first-order valence-corrected chi connectivity index (χ1v) is 11.1. The lowest BCUT2D eigenvalue weighted by Gasteiger charge is -2.18. The van der Waals surface area contributed by atoms with Crippen molar-refractivity contribution in [3.63, 3.8) is 0 Å². The number of hydrogen-bond donors (Lipinski definition) is 1. The van der Waals surface area contributed by atoms with Gasteiger partial charge in [-0.05, 0) is 30.9 Å². The van der Waals surface area contributed by atoms with Crippen LogP contribution in [0, 0.1) is 6.92 Å². The van der Waals surface area contributed by atoms with E-state index in [1.165, 1.54) is 18.4 Å². The van der Waals surface area contributed by atoms with Gasteiger partial charge in [-0.1, -0.05) is 78.1 Å². The molecule has 0 aliphatic carbocycles. The smallest absolute Gasteiger partial charge is 0.318 e. The van der Waals surface area contributed by atoms with Gasteiger partial charge in [0.1, 0.15) is 6.04 Å². The number of benzene rings is 2. The quantitative estimate of drug-likeness (QED) is 0.616. The van der Waals surface area contributed by atoms with Gasteiger partial charge < -0.3 is 14.6 Å². The lowest BCUT2D eigenvalue weighted by Crippen LogP contribution is -2.31. The molecule has 0 bridgehead atoms. The Morgan fingerprint density at radius 1 is 0.968 bits per heavy atom. The van der Waals surface area contributed by atoms with Crippen LogP contribution in [0.3, 0.4) is 0 Å². The number of anilines is 1. The minimum Gasteiger partial charge on any atom is -0.406 e. The molecule has 4 rings (SSSR count). The molecule has 1 N–H and O–H groups in total. The van der Waals surface area contributed by atoms with E-state index in [2.05, 4.69) is 20.4 Å². The van der Waals surface area contributed by atoms with Crippen LogP contribution in [0.25, 0.3) is 0 Å². The first-order chi connectivity index (χ1) is 15.2. The fourth-order valence-corrected chi connectivity index (χ4v) is 3.94. The highest BCUT2D eigenvalue weighted by atomic mass is 16.4. The zero-order chi connectivity index (χ0) is 21.5. The van der Waals surface area contributed by atoms with Crippen LogP contribution in [-0.2, 0) is 17.6 Å². The van der Waals surface area contributed by atoms with Crippen molar-refractivity contribution in [1.29, 1.82) is 0 Å². The standard InChI is InChI=1S/C25H30N4O2/c1-19-11-13-21(14-12-19)18-23(30)26-22(17-20-9-5-4-6-10-20)24-27-28-25(31-24)29-15-7-2-3-8-16-29/h4-6,9-14,22H,2-3,7-8,15-18H2,1H3,(H,26,30)/t22-/m1/s1. The van der Waals surface area contributed by atoms with Crippen molar-refractivity contribution >= 4 is 11.9 Å². The van der Waals surface area contributed by atoms with Crippen LogP contribution in [0.2, 0.25) is 0 Å². The van der Waals surface area contributed by atoms with Crippen LogP contribution in [0.1, 0.15) is 54.3 Å². The molecule has 162 valence electrons. The van der Waals surface area contributed by atoms with Crippen LogP contribution in [0.15, 0.2) is 59.0 Å². The monoisotopic (exact) mass is 418 g/mol. The summed E-state index contributed by atoms with van der Waals surface area (Å²) in [6.45, 7) is 3.91. The molecule has 1 amide bonds. The zero-order valence-electron chi connectivity index (χ0n) is 18.1. The first-order valence-electron chi connectivity index (χ1n) is 11.1. The molecule has 2 aromatic carbocycles. The summed E-state index contributed by atoms with van der Waals surface area (Å²) >= 11 is 0. The Bertz CT molecular complexity index is 961. The number of nitrogens with one attached hydrogen (secondary N) is 1. The summed E-state index contributed by atoms with van der Waals surface area (Å²) in [6, 6.07) is 18.3. The summed E-state index contributed by atoms with van der Waals surface area (Å²) in [5, 5.41) is 11.7. The van der Waals surface area contributed by atoms with E-state index >= 15 is 0 Å². The van der Waals surface area contributed by atoms with Crippen molar-refractivity contribution in [3.05, 3.63) is 77.2 Å². The molecule has 0 radical (unpaired) electrons. The molecule has 0 unspecified atom stereocenters. The summed E-state index contributed by atoms with van der Waals surface area (Å²) < 4.78 is 6.07. The van der Waals surface area contributed by atoms with Crippen molar-refractivity contribution < 1.29 is 9.21 Å². The molecule has 1 aliphatic rings. The highest BCUT2D eigenvalue weighted by molar-refractivity contribution is 5.79. The van der Waals surface area contributed by atoms with Crippen molar-refractivity contribution in [3.8, 4) is 0 Å². The predicted molar refractivity (Wildman–Crippen MR) is 121 cm³/mol. The van der Waals surface area contributed by atoms with Crippen LogP contribution in [-0.4, -0.2) is 29.2 Å². The van der Waals surface area contributed by atoms with Crippen LogP contribution in [0.4, 0.5) is 6.01 Å². The van der Waals surface area contributed by atoms with Crippen LogP contribution >= 0.6 is 0 Å². The number of amides is 1. The van der Waals surface area contributed by atoms with E-state index in [1.807, 2.05) is 61.5 Å². The second-order valence-corrected chi connectivity index (χ2v) is 8.30. The van der Waals surface area contributed by atoms with Crippen molar-refractivity contribution in [2.24, 2.45) is 0 Å². The molecule has 1 aromatic heterocycles. The molecular weight excluding hydrogens is 388 g/mol. The number of carbonyl (C=O) groups excluding carboxylic acids is 1. The normalized spacial score (nSPS) is 15.3. The molecule has 0 spiro atoms. The minimum absolute atomic E-state index is 0.0562. The summed E-state index contributed by atoms with van der Waals surface area (Å²) in [5.41, 5.74) is 3.27. The maximum Gasteiger partial charge on any atom is 0.318 e. The average molecular weight is 419 g/mol. The van der Waals surface area contributed by atoms with Crippen LogP contribution < -0.4 is 10.2 Å². The number of rotatable bonds is 7. The molecule has 3 aromatic rings. The van der Waals surface area contributed by atoms with Gasteiger partial charge in [0.25, 0.3) is 0 Å². The Hall–Kier alpha value is -3.15. The Morgan fingerprint density at radius 2 is 1.68 bits per heavy atom. The third-order valence-electron chi connectivity index (χ3n) is 5.71. The zero-order valence-corrected chi connectivity index (χ0v) is 18.1. The topological polar surface area (TPSA) is 71.3 Å². The number of aromatic nitrogens is 2. The largest absolute Gasteiger partial charge is 0.406 e. The average Bonchev–Trinajstić information content (AvgIpc) is 3.11. The van der Waals surface area contributed by atoms with Gasteiger partial charge in [-0.3, -0.25) is 4.79 Å². The van der Waals surface area contributed by atoms with E-state index in [-0.39, 0.29) is 11.9 Å². The van der Waals surface area contributed by atoms with E-state index < -0.39 is 0 Å². The number of hydrogen-bond acceptors (Lipinski definition) is 5. The lowest BCUT2D eigenvalue weighted by atomic mass is 10.0. The van der Waals surface area contributed by atoms with Crippen molar-refractivity contribution in [2.75, 3.05) is 18.0 Å². The molecule has 2 heterocycles. The second-order valence-electron chi connectivity index (χ2n) is 8.30.